The largest absolute Gasteiger partial charge is 0.496 e. The zero-order valence-electron chi connectivity index (χ0n) is 23.0. The number of hydrogen-bond acceptors (Lipinski definition) is 3. The predicted molar refractivity (Wildman–Crippen MR) is 154 cm³/mol. The normalized spacial score (nSPS) is 17.7. The minimum Gasteiger partial charge on any atom is -0.496 e. The van der Waals surface area contributed by atoms with Gasteiger partial charge in [-0.2, -0.15) is 0 Å². The number of piperazine rings is 1. The number of benzene rings is 3. The molecular formula is C32H37ClN2O3. The van der Waals surface area contributed by atoms with Crippen molar-refractivity contribution in [3.05, 3.63) is 87.9 Å². The number of hydrogen-bond donors (Lipinski definition) is 0. The molecule has 2 amide bonds. The molecule has 0 radical (unpaired) electrons. The Hall–Kier alpha value is -3.31. The molecule has 5 nitrogen and oxygen atoms in total. The van der Waals surface area contributed by atoms with Crippen LogP contribution in [0.2, 0.25) is 5.02 Å². The van der Waals surface area contributed by atoms with Gasteiger partial charge in [0, 0.05) is 25.0 Å². The highest BCUT2D eigenvalue weighted by Gasteiger charge is 2.41. The van der Waals surface area contributed by atoms with Crippen molar-refractivity contribution in [2.24, 2.45) is 0 Å². The zero-order valence-corrected chi connectivity index (χ0v) is 23.7. The quantitative estimate of drug-likeness (QED) is 0.306. The Morgan fingerprint density at radius 2 is 1.45 bits per heavy atom. The average Bonchev–Trinajstić information content (AvgIpc) is 2.90. The molecule has 1 heterocycles. The van der Waals surface area contributed by atoms with Crippen LogP contribution in [0.4, 0.5) is 0 Å². The molecule has 38 heavy (non-hydrogen) atoms. The molecular weight excluding hydrogens is 496 g/mol. The van der Waals surface area contributed by atoms with Crippen LogP contribution in [-0.2, 0) is 22.4 Å². The van der Waals surface area contributed by atoms with Gasteiger partial charge in [-0.1, -0.05) is 48.0 Å². The number of halogens is 1. The van der Waals surface area contributed by atoms with Crippen molar-refractivity contribution in [3.8, 4) is 16.9 Å². The molecule has 0 spiro atoms. The van der Waals surface area contributed by atoms with Gasteiger partial charge in [0.1, 0.15) is 17.8 Å². The molecule has 4 rings (SSSR count). The van der Waals surface area contributed by atoms with Gasteiger partial charge in [-0.3, -0.25) is 9.59 Å². The summed E-state index contributed by atoms with van der Waals surface area (Å²) in [5.41, 5.74) is 6.70. The van der Waals surface area contributed by atoms with Crippen LogP contribution in [-0.4, -0.2) is 54.4 Å². The maximum atomic E-state index is 13.5. The maximum Gasteiger partial charge on any atom is 0.246 e. The van der Waals surface area contributed by atoms with Crippen LogP contribution in [0.5, 0.6) is 5.75 Å². The van der Waals surface area contributed by atoms with Crippen molar-refractivity contribution < 1.29 is 14.3 Å². The van der Waals surface area contributed by atoms with Crippen molar-refractivity contribution in [1.82, 2.24) is 9.80 Å². The summed E-state index contributed by atoms with van der Waals surface area (Å²) in [5.74, 6) is 0.933. The van der Waals surface area contributed by atoms with Crippen LogP contribution < -0.4 is 4.74 Å². The fourth-order valence-electron chi connectivity index (χ4n) is 5.42. The first-order valence-electron chi connectivity index (χ1n) is 13.3. The number of likely N-dealkylation sites (N-methyl/N-ethyl adjacent to an activating group) is 1. The number of methoxy groups -OCH3 is 1. The third-order valence-electron chi connectivity index (χ3n) is 7.62. The first-order chi connectivity index (χ1) is 18.2. The second-order valence-corrected chi connectivity index (χ2v) is 10.7. The fraction of sp³-hybridized carbons (Fsp3) is 0.375. The Morgan fingerprint density at radius 1 is 0.842 bits per heavy atom. The first kappa shape index (κ1) is 27.7. The van der Waals surface area contributed by atoms with Gasteiger partial charge in [0.25, 0.3) is 0 Å². The summed E-state index contributed by atoms with van der Waals surface area (Å²) < 4.78 is 5.50. The summed E-state index contributed by atoms with van der Waals surface area (Å²) in [6.45, 7) is 6.52. The van der Waals surface area contributed by atoms with Crippen LogP contribution in [0.25, 0.3) is 11.1 Å². The number of rotatable bonds is 9. The van der Waals surface area contributed by atoms with Crippen molar-refractivity contribution in [1.29, 1.82) is 0 Å². The zero-order chi connectivity index (χ0) is 27.4. The summed E-state index contributed by atoms with van der Waals surface area (Å²) in [6, 6.07) is 19.5. The van der Waals surface area contributed by atoms with E-state index in [-0.39, 0.29) is 11.8 Å². The molecule has 3 aromatic rings. The molecule has 0 aliphatic carbocycles. The van der Waals surface area contributed by atoms with Crippen LogP contribution in [0.3, 0.4) is 0 Å². The average molecular weight is 533 g/mol. The SMILES string of the molecule is COc1c(C)cc(-c2ccc(C[C@H]3C(=O)N(CCCCc4ccc(Cl)cc4)[C@@H](C)C(=O)N3C)cc2)cc1C. The summed E-state index contributed by atoms with van der Waals surface area (Å²) >= 11 is 5.98. The summed E-state index contributed by atoms with van der Waals surface area (Å²) in [5, 5.41) is 0.732. The lowest BCUT2D eigenvalue weighted by Gasteiger charge is -2.42. The number of amides is 2. The molecule has 0 bridgehead atoms. The van der Waals surface area contributed by atoms with Crippen molar-refractivity contribution >= 4 is 23.4 Å². The molecule has 1 aliphatic rings. The highest BCUT2D eigenvalue weighted by Crippen LogP contribution is 2.30. The molecule has 200 valence electrons. The lowest BCUT2D eigenvalue weighted by molar-refractivity contribution is -0.159. The monoisotopic (exact) mass is 532 g/mol. The minimum atomic E-state index is -0.494. The summed E-state index contributed by atoms with van der Waals surface area (Å²) in [6.07, 6.45) is 3.21. The van der Waals surface area contributed by atoms with Crippen LogP contribution in [0.15, 0.2) is 60.7 Å². The van der Waals surface area contributed by atoms with Gasteiger partial charge in [0.15, 0.2) is 0 Å². The maximum absolute atomic E-state index is 13.5. The molecule has 6 heteroatoms. The Bertz CT molecular complexity index is 1260. The van der Waals surface area contributed by atoms with Gasteiger partial charge in [0.05, 0.1) is 7.11 Å². The van der Waals surface area contributed by atoms with E-state index >= 15 is 0 Å². The van der Waals surface area contributed by atoms with E-state index in [1.807, 2.05) is 31.2 Å². The minimum absolute atomic E-state index is 0.00638. The van der Waals surface area contributed by atoms with E-state index in [4.69, 9.17) is 16.3 Å². The van der Waals surface area contributed by atoms with E-state index in [1.54, 1.807) is 24.0 Å². The Balaban J connectivity index is 1.41. The topological polar surface area (TPSA) is 49.9 Å². The van der Waals surface area contributed by atoms with Crippen molar-refractivity contribution in [3.63, 3.8) is 0 Å². The van der Waals surface area contributed by atoms with E-state index in [0.29, 0.717) is 13.0 Å². The van der Waals surface area contributed by atoms with Crippen LogP contribution in [0.1, 0.15) is 42.0 Å². The molecule has 1 saturated heterocycles. The van der Waals surface area contributed by atoms with Gasteiger partial charge in [-0.05, 0) is 97.7 Å². The van der Waals surface area contributed by atoms with E-state index < -0.39 is 12.1 Å². The van der Waals surface area contributed by atoms with Crippen LogP contribution in [0, 0.1) is 13.8 Å². The third kappa shape index (κ3) is 6.05. The highest BCUT2D eigenvalue weighted by atomic mass is 35.5. The highest BCUT2D eigenvalue weighted by molar-refractivity contribution is 6.30. The van der Waals surface area contributed by atoms with Crippen molar-refractivity contribution in [2.75, 3.05) is 20.7 Å². The summed E-state index contributed by atoms with van der Waals surface area (Å²) in [4.78, 5) is 30.0. The third-order valence-corrected chi connectivity index (χ3v) is 7.87. The van der Waals surface area contributed by atoms with Crippen LogP contribution >= 0.6 is 11.6 Å². The lowest BCUT2D eigenvalue weighted by atomic mass is 9.95. The first-order valence-corrected chi connectivity index (χ1v) is 13.6. The number of aryl methyl sites for hydroxylation is 3. The number of ether oxygens (including phenoxy) is 1. The molecule has 0 saturated carbocycles. The molecule has 0 aromatic heterocycles. The molecule has 0 N–H and O–H groups in total. The van der Waals surface area contributed by atoms with Gasteiger partial charge in [-0.25, -0.2) is 0 Å². The lowest BCUT2D eigenvalue weighted by Crippen LogP contribution is -2.63. The Labute approximate surface area is 231 Å². The number of carbonyl (C=O) groups excluding carboxylic acids is 2. The Morgan fingerprint density at radius 3 is 2.05 bits per heavy atom. The fourth-order valence-corrected chi connectivity index (χ4v) is 5.54. The molecule has 1 aliphatic heterocycles. The predicted octanol–water partition coefficient (Wildman–Crippen LogP) is 6.26. The smallest absolute Gasteiger partial charge is 0.246 e. The molecule has 0 unspecified atom stereocenters. The number of unbranched alkanes of at least 4 members (excludes halogenated alkanes) is 1. The van der Waals surface area contributed by atoms with Gasteiger partial charge < -0.3 is 14.5 Å². The molecule has 3 aromatic carbocycles. The van der Waals surface area contributed by atoms with Crippen molar-refractivity contribution in [2.45, 2.75) is 58.5 Å². The standard InChI is InChI=1S/C32H37ClN2O3/c1-21-18-27(19-22(2)30(21)38-5)26-13-9-25(10-14-26)20-29-32(37)35(23(3)31(36)34(29)4)17-7-6-8-24-11-15-28(33)16-12-24/h9-16,18-19,23,29H,6-8,17,20H2,1-5H3/t23-,29-/m0/s1. The van der Waals surface area contributed by atoms with E-state index in [1.165, 1.54) is 5.56 Å². The van der Waals surface area contributed by atoms with Gasteiger partial charge >= 0.3 is 0 Å². The number of nitrogens with zero attached hydrogens (tertiary/aromatic N) is 2. The van der Waals surface area contributed by atoms with E-state index in [0.717, 1.165) is 57.9 Å². The van der Waals surface area contributed by atoms with Gasteiger partial charge in [0.2, 0.25) is 11.8 Å². The molecule has 1 fully saturated rings. The Kier molecular flexibility index (Phi) is 8.78. The second kappa shape index (κ2) is 12.0. The van der Waals surface area contributed by atoms with E-state index in [2.05, 4.69) is 50.2 Å². The second-order valence-electron chi connectivity index (χ2n) is 10.3. The summed E-state index contributed by atoms with van der Waals surface area (Å²) in [7, 11) is 3.44. The van der Waals surface area contributed by atoms with Gasteiger partial charge in [-0.15, -0.1) is 0 Å². The number of carbonyl (C=O) groups is 2. The molecule has 2 atom stereocenters. The van der Waals surface area contributed by atoms with E-state index in [9.17, 15) is 9.59 Å².